The van der Waals surface area contributed by atoms with Crippen LogP contribution < -0.4 is 0 Å². The second-order valence-corrected chi connectivity index (χ2v) is 14.1. The first-order chi connectivity index (χ1) is 26.8. The summed E-state index contributed by atoms with van der Waals surface area (Å²) in [5.41, 5.74) is 14.4. The van der Waals surface area contributed by atoms with Crippen molar-refractivity contribution in [1.29, 1.82) is 0 Å². The van der Waals surface area contributed by atoms with Crippen LogP contribution in [0.2, 0.25) is 0 Å². The maximum absolute atomic E-state index is 2.49. The van der Waals surface area contributed by atoms with Gasteiger partial charge in [0.2, 0.25) is 0 Å². The molecule has 54 heavy (non-hydrogen) atoms. The van der Waals surface area contributed by atoms with E-state index in [1.807, 2.05) is 0 Å². The minimum absolute atomic E-state index is 1.16. The highest BCUT2D eigenvalue weighted by Gasteiger charge is 2.19. The monoisotopic (exact) mass is 686 g/mol. The zero-order valence-corrected chi connectivity index (χ0v) is 29.5. The number of aromatic nitrogens is 2. The fourth-order valence-corrected chi connectivity index (χ4v) is 8.63. The van der Waals surface area contributed by atoms with Gasteiger partial charge in [0.25, 0.3) is 0 Å². The van der Waals surface area contributed by atoms with Crippen molar-refractivity contribution in [1.82, 2.24) is 9.13 Å². The highest BCUT2D eigenvalue weighted by atomic mass is 15.0. The van der Waals surface area contributed by atoms with Gasteiger partial charge in [0, 0.05) is 38.2 Å². The minimum atomic E-state index is 1.16. The third kappa shape index (κ3) is 4.74. The van der Waals surface area contributed by atoms with E-state index in [0.717, 1.165) is 5.69 Å². The molecule has 9 aromatic carbocycles. The molecule has 0 aliphatic carbocycles. The normalized spacial score (nSPS) is 11.7. The van der Waals surface area contributed by atoms with E-state index in [-0.39, 0.29) is 0 Å². The Kier molecular flexibility index (Phi) is 6.90. The fraction of sp³-hybridized carbons (Fsp3) is 0. The Morgan fingerprint density at radius 1 is 0.259 bits per heavy atom. The smallest absolute Gasteiger partial charge is 0.0618 e. The van der Waals surface area contributed by atoms with Gasteiger partial charge in [-0.3, -0.25) is 0 Å². The van der Waals surface area contributed by atoms with Gasteiger partial charge in [-0.1, -0.05) is 158 Å². The lowest BCUT2D eigenvalue weighted by Gasteiger charge is -2.17. The Morgan fingerprint density at radius 2 is 0.759 bits per heavy atom. The molecule has 11 rings (SSSR count). The van der Waals surface area contributed by atoms with Crippen molar-refractivity contribution >= 4 is 54.4 Å². The summed E-state index contributed by atoms with van der Waals surface area (Å²) in [7, 11) is 0. The first-order valence-corrected chi connectivity index (χ1v) is 18.6. The van der Waals surface area contributed by atoms with E-state index in [2.05, 4.69) is 215 Å². The van der Waals surface area contributed by atoms with Gasteiger partial charge in [-0.2, -0.15) is 0 Å². The Bertz CT molecular complexity index is 3200. The van der Waals surface area contributed by atoms with Crippen LogP contribution in [0.25, 0.3) is 99.1 Å². The molecule has 2 aromatic heterocycles. The quantitative estimate of drug-likeness (QED) is 0.171. The molecule has 0 unspecified atom stereocenters. The molecule has 0 radical (unpaired) electrons. The topological polar surface area (TPSA) is 9.86 Å². The van der Waals surface area contributed by atoms with Gasteiger partial charge >= 0.3 is 0 Å². The van der Waals surface area contributed by atoms with Crippen LogP contribution in [-0.4, -0.2) is 9.13 Å². The van der Waals surface area contributed by atoms with Gasteiger partial charge in [0.1, 0.15) is 0 Å². The Hall–Kier alpha value is -7.16. The molecule has 2 nitrogen and oxygen atoms in total. The molecule has 0 saturated heterocycles. The van der Waals surface area contributed by atoms with E-state index in [9.17, 15) is 0 Å². The minimum Gasteiger partial charge on any atom is -0.309 e. The predicted octanol–water partition coefficient (Wildman–Crippen LogP) is 14.0. The summed E-state index contributed by atoms with van der Waals surface area (Å²) in [6, 6.07) is 75.2. The number of fused-ring (bicyclic) bond motifs is 7. The molecule has 0 aliphatic rings. The van der Waals surface area contributed by atoms with Gasteiger partial charge in [-0.15, -0.1) is 0 Å². The first kappa shape index (κ1) is 30.5. The molecule has 0 bridgehead atoms. The van der Waals surface area contributed by atoms with Crippen LogP contribution in [0, 0.1) is 0 Å². The maximum Gasteiger partial charge on any atom is 0.0618 e. The van der Waals surface area contributed by atoms with Crippen molar-refractivity contribution in [3.05, 3.63) is 206 Å². The summed E-state index contributed by atoms with van der Waals surface area (Å²) in [4.78, 5) is 0. The molecule has 0 saturated carbocycles. The van der Waals surface area contributed by atoms with E-state index >= 15 is 0 Å². The third-order valence-electron chi connectivity index (χ3n) is 11.1. The zero-order chi connectivity index (χ0) is 35.6. The number of rotatable bonds is 5. The molecular weight excluding hydrogens is 653 g/mol. The van der Waals surface area contributed by atoms with Gasteiger partial charge in [0.05, 0.1) is 27.8 Å². The summed E-state index contributed by atoms with van der Waals surface area (Å²) in [6.45, 7) is 0. The average Bonchev–Trinajstić information content (AvgIpc) is 3.76. The van der Waals surface area contributed by atoms with Crippen LogP contribution in [0.5, 0.6) is 0 Å². The van der Waals surface area contributed by atoms with E-state index in [4.69, 9.17) is 0 Å². The van der Waals surface area contributed by atoms with E-state index < -0.39 is 0 Å². The van der Waals surface area contributed by atoms with Gasteiger partial charge in [-0.05, 0) is 81.7 Å². The Morgan fingerprint density at radius 3 is 1.44 bits per heavy atom. The number of hydrogen-bond donors (Lipinski definition) is 0. The number of benzene rings is 9. The van der Waals surface area contributed by atoms with Crippen molar-refractivity contribution in [2.45, 2.75) is 0 Å². The molecule has 11 aromatic rings. The molecular formula is C52H34N2. The molecule has 0 atom stereocenters. The van der Waals surface area contributed by atoms with Crippen molar-refractivity contribution < 1.29 is 0 Å². The highest BCUT2D eigenvalue weighted by molar-refractivity contribution is 6.14. The van der Waals surface area contributed by atoms with Crippen molar-refractivity contribution in [3.63, 3.8) is 0 Å². The number of hydrogen-bond acceptors (Lipinski definition) is 0. The number of para-hydroxylation sites is 2. The zero-order valence-electron chi connectivity index (χ0n) is 29.5. The van der Waals surface area contributed by atoms with Crippen LogP contribution in [-0.2, 0) is 0 Å². The van der Waals surface area contributed by atoms with Crippen molar-refractivity contribution in [2.24, 2.45) is 0 Å². The van der Waals surface area contributed by atoms with Gasteiger partial charge in [-0.25, -0.2) is 0 Å². The van der Waals surface area contributed by atoms with Crippen molar-refractivity contribution in [3.8, 4) is 44.8 Å². The lowest BCUT2D eigenvalue weighted by atomic mass is 9.97. The first-order valence-electron chi connectivity index (χ1n) is 18.6. The second kappa shape index (κ2) is 12.2. The average molecular weight is 687 g/mol. The van der Waals surface area contributed by atoms with Crippen LogP contribution in [0.3, 0.4) is 0 Å². The lowest BCUT2D eigenvalue weighted by Crippen LogP contribution is -1.99. The van der Waals surface area contributed by atoms with Crippen LogP contribution in [0.1, 0.15) is 0 Å². The largest absolute Gasteiger partial charge is 0.309 e. The summed E-state index contributed by atoms with van der Waals surface area (Å²) in [5.74, 6) is 0. The second-order valence-electron chi connectivity index (χ2n) is 14.1. The summed E-state index contributed by atoms with van der Waals surface area (Å²) < 4.78 is 4.89. The third-order valence-corrected chi connectivity index (χ3v) is 11.1. The molecule has 0 amide bonds. The SMILES string of the molecule is c1ccc(-c2cccc(-n3c4ccccc4c4cc(-c5ccc6c(c5)c5ccccc5n6-c5c(-c6ccccc6)ccc6ccccc56)ccc43)c2)cc1. The van der Waals surface area contributed by atoms with Crippen LogP contribution in [0.4, 0.5) is 0 Å². The standard InChI is InChI=1S/C52H34N2/c1-3-14-35(15-4-1)38-19-13-20-41(32-38)53-48-24-11-9-22-44(48)46-33-39(27-30-50(46)53)40-28-31-51-47(34-40)45-23-10-12-25-49(45)54(51)52-42-21-8-7-18-37(42)26-29-43(52)36-16-5-2-6-17-36/h1-34H. The van der Waals surface area contributed by atoms with E-state index in [1.54, 1.807) is 0 Å². The Labute approximate surface area is 313 Å². The molecule has 0 N–H and O–H groups in total. The fourth-order valence-electron chi connectivity index (χ4n) is 8.63. The molecule has 2 heterocycles. The molecule has 0 spiro atoms. The number of nitrogens with zero attached hydrogens (tertiary/aromatic N) is 2. The summed E-state index contributed by atoms with van der Waals surface area (Å²) in [5, 5.41) is 7.46. The highest BCUT2D eigenvalue weighted by Crippen LogP contribution is 2.42. The molecule has 2 heteroatoms. The lowest BCUT2D eigenvalue weighted by molar-refractivity contribution is 1.18. The maximum atomic E-state index is 2.49. The van der Waals surface area contributed by atoms with E-state index in [1.165, 1.54) is 93.5 Å². The van der Waals surface area contributed by atoms with Crippen molar-refractivity contribution in [2.75, 3.05) is 0 Å². The molecule has 0 aliphatic heterocycles. The van der Waals surface area contributed by atoms with E-state index in [0.29, 0.717) is 0 Å². The van der Waals surface area contributed by atoms with Gasteiger partial charge in [0.15, 0.2) is 0 Å². The molecule has 0 fully saturated rings. The van der Waals surface area contributed by atoms with Crippen LogP contribution >= 0.6 is 0 Å². The Balaban J connectivity index is 1.11. The molecule has 252 valence electrons. The van der Waals surface area contributed by atoms with Crippen LogP contribution in [0.15, 0.2) is 206 Å². The summed E-state index contributed by atoms with van der Waals surface area (Å²) in [6.07, 6.45) is 0. The van der Waals surface area contributed by atoms with Gasteiger partial charge < -0.3 is 9.13 Å². The summed E-state index contributed by atoms with van der Waals surface area (Å²) >= 11 is 0. The predicted molar refractivity (Wildman–Crippen MR) is 229 cm³/mol.